The minimum absolute atomic E-state index is 0.0391. The Labute approximate surface area is 121 Å². The molecule has 1 heterocycles. The summed E-state index contributed by atoms with van der Waals surface area (Å²) < 4.78 is 0. The lowest BCUT2D eigenvalue weighted by molar-refractivity contribution is 0.0711. The predicted octanol–water partition coefficient (Wildman–Crippen LogP) is 2.90. The van der Waals surface area contributed by atoms with Crippen molar-refractivity contribution in [2.75, 3.05) is 18.4 Å². The van der Waals surface area contributed by atoms with Crippen molar-refractivity contribution >= 4 is 11.6 Å². The fraction of sp³-hybridized carbons (Fsp3) is 0.667. The predicted molar refractivity (Wildman–Crippen MR) is 82.1 cm³/mol. The molecule has 112 valence electrons. The molecule has 0 radical (unpaired) electrons. The third-order valence-electron chi connectivity index (χ3n) is 3.12. The summed E-state index contributed by atoms with van der Waals surface area (Å²) in [6.07, 6.45) is 1.72. The van der Waals surface area contributed by atoms with Crippen LogP contribution in [0.15, 0.2) is 6.20 Å². The zero-order valence-corrected chi connectivity index (χ0v) is 13.4. The fourth-order valence-electron chi connectivity index (χ4n) is 2.04. The maximum absolute atomic E-state index is 12.7. The summed E-state index contributed by atoms with van der Waals surface area (Å²) >= 11 is 0. The minimum atomic E-state index is -0.0391. The van der Waals surface area contributed by atoms with Gasteiger partial charge in [0, 0.05) is 25.0 Å². The van der Waals surface area contributed by atoms with Crippen LogP contribution in [0, 0.1) is 0 Å². The number of nitrogens with one attached hydrogen (secondary N) is 1. The van der Waals surface area contributed by atoms with E-state index in [9.17, 15) is 4.79 Å². The smallest absolute Gasteiger partial charge is 0.274 e. The number of carbonyl (C=O) groups is 1. The van der Waals surface area contributed by atoms with E-state index in [1.807, 2.05) is 46.4 Å². The van der Waals surface area contributed by atoms with E-state index in [0.29, 0.717) is 23.8 Å². The molecule has 1 amide bonds. The summed E-state index contributed by atoms with van der Waals surface area (Å²) in [7, 11) is 0. The van der Waals surface area contributed by atoms with Gasteiger partial charge >= 0.3 is 0 Å². The van der Waals surface area contributed by atoms with Crippen molar-refractivity contribution in [3.63, 3.8) is 0 Å². The van der Waals surface area contributed by atoms with Crippen LogP contribution >= 0.6 is 0 Å². The highest BCUT2D eigenvalue weighted by Crippen LogP contribution is 2.19. The SMILES string of the molecule is CCNc1cnc(C(C)C)nc1C(=O)N(CC)C(C)C. The molecule has 20 heavy (non-hydrogen) atoms. The summed E-state index contributed by atoms with van der Waals surface area (Å²) in [5.74, 6) is 0.865. The van der Waals surface area contributed by atoms with Gasteiger partial charge in [-0.1, -0.05) is 13.8 Å². The second kappa shape index (κ2) is 7.22. The van der Waals surface area contributed by atoms with Crippen molar-refractivity contribution in [3.8, 4) is 0 Å². The summed E-state index contributed by atoms with van der Waals surface area (Å²) in [4.78, 5) is 23.3. The first kappa shape index (κ1) is 16.4. The van der Waals surface area contributed by atoms with Crippen molar-refractivity contribution in [1.82, 2.24) is 14.9 Å². The molecule has 0 unspecified atom stereocenters. The number of rotatable bonds is 6. The molecule has 5 heteroatoms. The fourth-order valence-corrected chi connectivity index (χ4v) is 2.04. The van der Waals surface area contributed by atoms with E-state index in [0.717, 1.165) is 6.54 Å². The van der Waals surface area contributed by atoms with E-state index in [4.69, 9.17) is 0 Å². The van der Waals surface area contributed by atoms with Crippen molar-refractivity contribution in [1.29, 1.82) is 0 Å². The van der Waals surface area contributed by atoms with E-state index in [1.54, 1.807) is 6.20 Å². The van der Waals surface area contributed by atoms with E-state index in [2.05, 4.69) is 15.3 Å². The number of carbonyl (C=O) groups excluding carboxylic acids is 1. The van der Waals surface area contributed by atoms with Crippen molar-refractivity contribution in [2.45, 2.75) is 53.5 Å². The van der Waals surface area contributed by atoms with Crippen molar-refractivity contribution < 1.29 is 4.79 Å². The van der Waals surface area contributed by atoms with E-state index in [1.165, 1.54) is 0 Å². The maximum Gasteiger partial charge on any atom is 0.274 e. The Hall–Kier alpha value is -1.65. The van der Waals surface area contributed by atoms with Gasteiger partial charge in [0.15, 0.2) is 5.69 Å². The van der Waals surface area contributed by atoms with Gasteiger partial charge in [0.1, 0.15) is 5.82 Å². The molecule has 0 aliphatic rings. The monoisotopic (exact) mass is 278 g/mol. The van der Waals surface area contributed by atoms with Gasteiger partial charge in [0.25, 0.3) is 5.91 Å². The second-order valence-corrected chi connectivity index (χ2v) is 5.36. The number of anilines is 1. The van der Waals surface area contributed by atoms with Gasteiger partial charge in [0.05, 0.1) is 11.9 Å². The summed E-state index contributed by atoms with van der Waals surface area (Å²) in [6, 6.07) is 0.152. The molecule has 1 rings (SSSR count). The van der Waals surface area contributed by atoms with Crippen LogP contribution in [0.2, 0.25) is 0 Å². The molecule has 1 aromatic rings. The third kappa shape index (κ3) is 3.68. The minimum Gasteiger partial charge on any atom is -0.382 e. The topological polar surface area (TPSA) is 58.1 Å². The molecule has 0 spiro atoms. The standard InChI is InChI=1S/C15H26N4O/c1-7-16-12-9-17-14(10(3)4)18-13(12)15(20)19(8-2)11(5)6/h9-11,16H,7-8H2,1-6H3. The van der Waals surface area contributed by atoms with Crippen molar-refractivity contribution in [2.24, 2.45) is 0 Å². The van der Waals surface area contributed by atoms with Gasteiger partial charge in [-0.15, -0.1) is 0 Å². The third-order valence-corrected chi connectivity index (χ3v) is 3.12. The lowest BCUT2D eigenvalue weighted by Crippen LogP contribution is -2.37. The molecule has 1 aromatic heterocycles. The number of nitrogens with zero attached hydrogens (tertiary/aromatic N) is 3. The molecule has 0 atom stereocenters. The average Bonchev–Trinajstić information content (AvgIpc) is 2.39. The Balaban J connectivity index is 3.23. The van der Waals surface area contributed by atoms with Gasteiger partial charge in [-0.25, -0.2) is 9.97 Å². The Bertz CT molecular complexity index is 457. The van der Waals surface area contributed by atoms with Gasteiger partial charge in [-0.3, -0.25) is 4.79 Å². The van der Waals surface area contributed by atoms with Crippen LogP contribution in [0.25, 0.3) is 0 Å². The molecule has 0 aliphatic heterocycles. The second-order valence-electron chi connectivity index (χ2n) is 5.36. The van der Waals surface area contributed by atoms with E-state index >= 15 is 0 Å². The normalized spacial score (nSPS) is 11.0. The maximum atomic E-state index is 12.7. The molecular weight excluding hydrogens is 252 g/mol. The Morgan fingerprint density at radius 3 is 2.40 bits per heavy atom. The zero-order chi connectivity index (χ0) is 15.3. The number of hydrogen-bond donors (Lipinski definition) is 1. The van der Waals surface area contributed by atoms with Crippen LogP contribution in [-0.4, -0.2) is 39.9 Å². The van der Waals surface area contributed by atoms with E-state index < -0.39 is 0 Å². The highest BCUT2D eigenvalue weighted by Gasteiger charge is 2.22. The zero-order valence-electron chi connectivity index (χ0n) is 13.4. The first-order valence-electron chi connectivity index (χ1n) is 7.34. The van der Waals surface area contributed by atoms with Gasteiger partial charge in [-0.2, -0.15) is 0 Å². The molecule has 0 bridgehead atoms. The molecule has 0 aliphatic carbocycles. The van der Waals surface area contributed by atoms with Gasteiger partial charge < -0.3 is 10.2 Å². The molecule has 0 fully saturated rings. The first-order valence-corrected chi connectivity index (χ1v) is 7.34. The molecular formula is C15H26N4O. The Kier molecular flexibility index (Phi) is 5.92. The molecule has 5 nitrogen and oxygen atoms in total. The molecule has 0 saturated heterocycles. The van der Waals surface area contributed by atoms with Crippen molar-refractivity contribution in [3.05, 3.63) is 17.7 Å². The van der Waals surface area contributed by atoms with Gasteiger partial charge in [0.2, 0.25) is 0 Å². The highest BCUT2D eigenvalue weighted by molar-refractivity contribution is 5.97. The summed E-state index contributed by atoms with van der Waals surface area (Å²) in [6.45, 7) is 13.5. The van der Waals surface area contributed by atoms with Crippen LogP contribution in [0.5, 0.6) is 0 Å². The van der Waals surface area contributed by atoms with Crippen LogP contribution in [0.4, 0.5) is 5.69 Å². The lowest BCUT2D eigenvalue weighted by atomic mass is 10.2. The number of hydrogen-bond acceptors (Lipinski definition) is 4. The first-order chi connectivity index (χ1) is 9.42. The van der Waals surface area contributed by atoms with Crippen LogP contribution in [0.3, 0.4) is 0 Å². The Morgan fingerprint density at radius 2 is 1.95 bits per heavy atom. The largest absolute Gasteiger partial charge is 0.382 e. The molecule has 1 N–H and O–H groups in total. The van der Waals surface area contributed by atoms with Crippen LogP contribution in [0.1, 0.15) is 63.8 Å². The van der Waals surface area contributed by atoms with Crippen LogP contribution < -0.4 is 5.32 Å². The number of aromatic nitrogens is 2. The summed E-state index contributed by atoms with van der Waals surface area (Å²) in [5, 5.41) is 3.17. The Morgan fingerprint density at radius 1 is 1.30 bits per heavy atom. The molecule has 0 saturated carbocycles. The van der Waals surface area contributed by atoms with E-state index in [-0.39, 0.29) is 17.9 Å². The highest BCUT2D eigenvalue weighted by atomic mass is 16.2. The van der Waals surface area contributed by atoms with Gasteiger partial charge in [-0.05, 0) is 27.7 Å². The summed E-state index contributed by atoms with van der Waals surface area (Å²) in [5.41, 5.74) is 1.18. The lowest BCUT2D eigenvalue weighted by Gasteiger charge is -2.26. The molecule has 0 aromatic carbocycles. The van der Waals surface area contributed by atoms with Crippen LogP contribution in [-0.2, 0) is 0 Å². The number of amides is 1. The quantitative estimate of drug-likeness (QED) is 0.869. The average molecular weight is 278 g/mol.